The van der Waals surface area contributed by atoms with Gasteiger partial charge < -0.3 is 15.0 Å². The Labute approximate surface area is 164 Å². The topological polar surface area (TPSA) is 122 Å². The van der Waals surface area contributed by atoms with Crippen LogP contribution >= 0.6 is 0 Å². The highest BCUT2D eigenvalue weighted by Gasteiger charge is 2.33. The van der Waals surface area contributed by atoms with Crippen LogP contribution in [0.1, 0.15) is 24.8 Å². The van der Waals surface area contributed by atoms with Crippen molar-refractivity contribution >= 4 is 27.9 Å². The molecule has 0 bridgehead atoms. The molecule has 1 aliphatic heterocycles. The van der Waals surface area contributed by atoms with Gasteiger partial charge in [0.15, 0.2) is 0 Å². The van der Waals surface area contributed by atoms with Gasteiger partial charge in [-0.1, -0.05) is 17.7 Å². The molecule has 0 spiro atoms. The summed E-state index contributed by atoms with van der Waals surface area (Å²) in [7, 11) is -1.14. The van der Waals surface area contributed by atoms with E-state index < -0.39 is 46.4 Å². The number of amides is 1. The number of esters is 2. The molecule has 0 radical (unpaired) electrons. The summed E-state index contributed by atoms with van der Waals surface area (Å²) in [6.45, 7) is 2.44. The minimum atomic E-state index is -4.10. The molecule has 28 heavy (non-hydrogen) atoms. The summed E-state index contributed by atoms with van der Waals surface area (Å²) in [5.74, 6) is -2.37. The molecule has 1 aromatic rings. The van der Waals surface area contributed by atoms with E-state index in [9.17, 15) is 22.8 Å². The lowest BCUT2D eigenvalue weighted by atomic mass is 10.2. The van der Waals surface area contributed by atoms with Crippen molar-refractivity contribution in [3.63, 3.8) is 0 Å². The van der Waals surface area contributed by atoms with Gasteiger partial charge in [0, 0.05) is 14.1 Å². The number of rotatable bonds is 7. The number of benzene rings is 1. The van der Waals surface area contributed by atoms with Crippen LogP contribution in [-0.4, -0.2) is 63.9 Å². The lowest BCUT2D eigenvalue weighted by Gasteiger charge is -2.19. The van der Waals surface area contributed by atoms with E-state index in [1.54, 1.807) is 12.1 Å². The molecule has 0 unspecified atom stereocenters. The predicted molar refractivity (Wildman–Crippen MR) is 101 cm³/mol. The van der Waals surface area contributed by atoms with E-state index in [0.29, 0.717) is 13.0 Å². The minimum Gasteiger partial charge on any atom is -0.391 e. The second-order valence-corrected chi connectivity index (χ2v) is 8.58. The Kier molecular flexibility index (Phi) is 7.28. The quantitative estimate of drug-likeness (QED) is 0.476. The summed E-state index contributed by atoms with van der Waals surface area (Å²) in [4.78, 5) is 37.8. The Morgan fingerprint density at radius 3 is 2.43 bits per heavy atom. The Hall–Kier alpha value is -2.30. The Bertz CT molecular complexity index is 829. The molecule has 10 heteroatoms. The van der Waals surface area contributed by atoms with E-state index >= 15 is 0 Å². The molecule has 0 aromatic heterocycles. The molecule has 154 valence electrons. The summed E-state index contributed by atoms with van der Waals surface area (Å²) < 4.78 is 32.2. The number of hydrogen-bond acceptors (Lipinski definition) is 7. The van der Waals surface area contributed by atoms with Gasteiger partial charge in [-0.15, -0.1) is 0 Å². The van der Waals surface area contributed by atoms with Gasteiger partial charge in [0.2, 0.25) is 15.9 Å². The Morgan fingerprint density at radius 1 is 1.25 bits per heavy atom. The number of nitrogens with zero attached hydrogens (tertiary/aromatic N) is 1. The highest BCUT2D eigenvalue weighted by molar-refractivity contribution is 7.89. The largest absolute Gasteiger partial charge is 0.391 e. The maximum Gasteiger partial charge on any atom is 0.332 e. The van der Waals surface area contributed by atoms with Crippen LogP contribution in [0.5, 0.6) is 0 Å². The Balaban J connectivity index is 2.17. The van der Waals surface area contributed by atoms with E-state index in [-0.39, 0.29) is 4.90 Å². The van der Waals surface area contributed by atoms with Gasteiger partial charge in [0.1, 0.15) is 12.1 Å². The summed E-state index contributed by atoms with van der Waals surface area (Å²) >= 11 is 0. The standard InChI is InChI=1S/C18H25N3O6S/c1-12-6-8-13(9-7-12)28(25,26)20-15(11-16(22)21(2)3)18(24)27-17(23)14-5-4-10-19-14/h6-9,14-15,19-20H,4-5,10-11H2,1-3H3/t14-,15-/m0/s1. The first-order valence-corrected chi connectivity index (χ1v) is 10.4. The van der Waals surface area contributed by atoms with E-state index in [4.69, 9.17) is 4.74 Å². The fourth-order valence-corrected chi connectivity index (χ4v) is 3.81. The maximum absolute atomic E-state index is 12.6. The molecule has 0 saturated carbocycles. The van der Waals surface area contributed by atoms with Crippen LogP contribution in [0.3, 0.4) is 0 Å². The minimum absolute atomic E-state index is 0.0583. The van der Waals surface area contributed by atoms with Crippen LogP contribution in [0.4, 0.5) is 0 Å². The van der Waals surface area contributed by atoms with Gasteiger partial charge in [-0.3, -0.25) is 4.79 Å². The predicted octanol–water partition coefficient (Wildman–Crippen LogP) is -0.0580. The van der Waals surface area contributed by atoms with Gasteiger partial charge in [0.05, 0.1) is 11.3 Å². The van der Waals surface area contributed by atoms with Crippen LogP contribution in [0.2, 0.25) is 0 Å². The molecule has 2 rings (SSSR count). The average Bonchev–Trinajstić information content (AvgIpc) is 3.16. The number of hydrogen-bond donors (Lipinski definition) is 2. The van der Waals surface area contributed by atoms with Gasteiger partial charge in [-0.05, 0) is 38.4 Å². The Morgan fingerprint density at radius 2 is 1.89 bits per heavy atom. The van der Waals surface area contributed by atoms with Crippen LogP contribution in [0.15, 0.2) is 29.2 Å². The fourth-order valence-electron chi connectivity index (χ4n) is 2.63. The number of ether oxygens (including phenoxy) is 1. The lowest BCUT2D eigenvalue weighted by molar-refractivity contribution is -0.163. The smallest absolute Gasteiger partial charge is 0.332 e. The summed E-state index contributed by atoms with van der Waals surface area (Å²) in [5.41, 5.74) is 0.868. The molecule has 1 fully saturated rings. The second kappa shape index (κ2) is 9.26. The molecule has 2 atom stereocenters. The van der Waals surface area contributed by atoms with E-state index in [0.717, 1.165) is 12.0 Å². The monoisotopic (exact) mass is 411 g/mol. The third-order valence-corrected chi connectivity index (χ3v) is 5.82. The van der Waals surface area contributed by atoms with Crippen LogP contribution in [0, 0.1) is 6.92 Å². The number of aryl methyl sites for hydroxylation is 1. The van der Waals surface area contributed by atoms with Crippen molar-refractivity contribution in [2.45, 2.75) is 43.2 Å². The van der Waals surface area contributed by atoms with Gasteiger partial charge >= 0.3 is 11.9 Å². The van der Waals surface area contributed by atoms with Gasteiger partial charge in [-0.2, -0.15) is 4.72 Å². The lowest BCUT2D eigenvalue weighted by Crippen LogP contribution is -2.46. The van der Waals surface area contributed by atoms with Crippen molar-refractivity contribution < 1.29 is 27.5 Å². The van der Waals surface area contributed by atoms with Crippen LogP contribution < -0.4 is 10.0 Å². The molecular weight excluding hydrogens is 386 g/mol. The van der Waals surface area contributed by atoms with Crippen molar-refractivity contribution in [3.05, 3.63) is 29.8 Å². The number of carbonyl (C=O) groups excluding carboxylic acids is 3. The summed E-state index contributed by atoms with van der Waals surface area (Å²) in [6, 6.07) is 3.88. The third-order valence-electron chi connectivity index (χ3n) is 4.34. The first-order chi connectivity index (χ1) is 13.1. The fraction of sp³-hybridized carbons (Fsp3) is 0.500. The highest BCUT2D eigenvalue weighted by atomic mass is 32.2. The summed E-state index contributed by atoms with van der Waals surface area (Å²) in [5, 5.41) is 2.90. The average molecular weight is 411 g/mol. The molecule has 0 aliphatic carbocycles. The molecule has 2 N–H and O–H groups in total. The van der Waals surface area contributed by atoms with Crippen molar-refractivity contribution in [1.29, 1.82) is 0 Å². The zero-order valence-electron chi connectivity index (χ0n) is 16.1. The van der Waals surface area contributed by atoms with E-state index in [1.807, 2.05) is 6.92 Å². The number of sulfonamides is 1. The molecular formula is C18H25N3O6S. The number of nitrogens with one attached hydrogen (secondary N) is 2. The molecule has 1 aromatic carbocycles. The van der Waals surface area contributed by atoms with Crippen molar-refractivity contribution in [2.75, 3.05) is 20.6 Å². The van der Waals surface area contributed by atoms with E-state index in [2.05, 4.69) is 10.0 Å². The second-order valence-electron chi connectivity index (χ2n) is 6.87. The molecule has 1 saturated heterocycles. The van der Waals surface area contributed by atoms with Crippen molar-refractivity contribution in [3.8, 4) is 0 Å². The molecule has 1 heterocycles. The number of carbonyl (C=O) groups is 3. The highest BCUT2D eigenvalue weighted by Crippen LogP contribution is 2.13. The SMILES string of the molecule is Cc1ccc(S(=O)(=O)N[C@@H](CC(=O)N(C)C)C(=O)OC(=O)[C@@H]2CCCN2)cc1. The van der Waals surface area contributed by atoms with Crippen LogP contribution in [-0.2, 0) is 29.1 Å². The molecule has 9 nitrogen and oxygen atoms in total. The van der Waals surface area contributed by atoms with E-state index in [1.165, 1.54) is 31.1 Å². The molecule has 1 aliphatic rings. The zero-order chi connectivity index (χ0) is 20.9. The zero-order valence-corrected chi connectivity index (χ0v) is 16.9. The van der Waals surface area contributed by atoms with Crippen LogP contribution in [0.25, 0.3) is 0 Å². The summed E-state index contributed by atoms with van der Waals surface area (Å²) in [6.07, 6.45) is 0.835. The van der Waals surface area contributed by atoms with Gasteiger partial charge in [0.25, 0.3) is 0 Å². The van der Waals surface area contributed by atoms with Crippen molar-refractivity contribution in [1.82, 2.24) is 14.9 Å². The normalized spacial score (nSPS) is 17.8. The first kappa shape index (κ1) is 22.0. The van der Waals surface area contributed by atoms with Crippen molar-refractivity contribution in [2.24, 2.45) is 0 Å². The maximum atomic E-state index is 12.6. The molecule has 1 amide bonds. The van der Waals surface area contributed by atoms with Gasteiger partial charge in [-0.25, -0.2) is 18.0 Å². The first-order valence-electron chi connectivity index (χ1n) is 8.88. The third kappa shape index (κ3) is 5.85.